The van der Waals surface area contributed by atoms with Crippen molar-refractivity contribution in [3.63, 3.8) is 0 Å². The van der Waals surface area contributed by atoms with Gasteiger partial charge in [0.25, 0.3) is 0 Å². The van der Waals surface area contributed by atoms with Crippen LogP contribution in [0.1, 0.15) is 20.3 Å². The molecule has 0 fully saturated rings. The molecule has 0 aliphatic carbocycles. The molecule has 0 aromatic heterocycles. The van der Waals surface area contributed by atoms with Crippen molar-refractivity contribution in [3.8, 4) is 0 Å². The van der Waals surface area contributed by atoms with Gasteiger partial charge >= 0.3 is 0 Å². The average Bonchev–Trinajstić information content (AvgIpc) is 2.04. The van der Waals surface area contributed by atoms with E-state index < -0.39 is 0 Å². The predicted molar refractivity (Wildman–Crippen MR) is 56.4 cm³/mol. The van der Waals surface area contributed by atoms with Gasteiger partial charge in [0.2, 0.25) is 0 Å². The van der Waals surface area contributed by atoms with E-state index in [4.69, 9.17) is 21.1 Å². The van der Waals surface area contributed by atoms with Gasteiger partial charge in [0.05, 0.1) is 13.2 Å². The maximum atomic E-state index is 5.97. The molecule has 0 N–H and O–H groups in total. The van der Waals surface area contributed by atoms with Crippen LogP contribution in [-0.2, 0) is 9.47 Å². The topological polar surface area (TPSA) is 18.5 Å². The number of methoxy groups -OCH3 is 2. The minimum absolute atomic E-state index is 0.0147. The lowest BCUT2D eigenvalue weighted by atomic mass is 9.83. The number of rotatable bonds is 7. The predicted octanol–water partition coefficient (Wildman–Crippen LogP) is 2.55. The third kappa shape index (κ3) is 4.84. The summed E-state index contributed by atoms with van der Waals surface area (Å²) in [6.07, 6.45) is 1.04. The molecule has 0 spiro atoms. The van der Waals surface area contributed by atoms with Crippen LogP contribution in [-0.4, -0.2) is 33.3 Å². The van der Waals surface area contributed by atoms with Crippen LogP contribution in [0.15, 0.2) is 0 Å². The van der Waals surface area contributed by atoms with Gasteiger partial charge < -0.3 is 9.47 Å². The Labute approximate surface area is 86.6 Å². The van der Waals surface area contributed by atoms with E-state index in [9.17, 15) is 0 Å². The molecular weight excluding hydrogens is 188 g/mol. The molecule has 0 heterocycles. The van der Waals surface area contributed by atoms with Gasteiger partial charge in [-0.1, -0.05) is 13.8 Å². The standard InChI is InChI=1S/C10H21ClO2/c1-9(2)5-10(6-11,7-12-3)8-13-4/h9H,5-8H2,1-4H3. The maximum absolute atomic E-state index is 5.97. The Morgan fingerprint density at radius 1 is 1.15 bits per heavy atom. The van der Waals surface area contributed by atoms with Crippen LogP contribution in [0.5, 0.6) is 0 Å². The SMILES string of the molecule is COCC(CCl)(COC)CC(C)C. The summed E-state index contributed by atoms with van der Waals surface area (Å²) in [5, 5.41) is 0. The molecule has 0 amide bonds. The monoisotopic (exact) mass is 208 g/mol. The van der Waals surface area contributed by atoms with Crippen molar-refractivity contribution in [2.45, 2.75) is 20.3 Å². The van der Waals surface area contributed by atoms with E-state index >= 15 is 0 Å². The van der Waals surface area contributed by atoms with Gasteiger partial charge in [-0.05, 0) is 12.3 Å². The van der Waals surface area contributed by atoms with Crippen molar-refractivity contribution in [2.24, 2.45) is 11.3 Å². The average molecular weight is 209 g/mol. The Bertz CT molecular complexity index is 120. The van der Waals surface area contributed by atoms with Crippen LogP contribution in [0.3, 0.4) is 0 Å². The van der Waals surface area contributed by atoms with Crippen LogP contribution in [0, 0.1) is 11.3 Å². The Hall–Kier alpha value is 0.210. The van der Waals surface area contributed by atoms with Crippen molar-refractivity contribution in [1.82, 2.24) is 0 Å². The molecule has 0 saturated heterocycles. The van der Waals surface area contributed by atoms with E-state index in [2.05, 4.69) is 13.8 Å². The first kappa shape index (κ1) is 13.2. The highest BCUT2D eigenvalue weighted by molar-refractivity contribution is 6.18. The molecule has 0 bridgehead atoms. The summed E-state index contributed by atoms with van der Waals surface area (Å²) >= 11 is 5.97. The highest BCUT2D eigenvalue weighted by atomic mass is 35.5. The van der Waals surface area contributed by atoms with Crippen molar-refractivity contribution in [1.29, 1.82) is 0 Å². The summed E-state index contributed by atoms with van der Waals surface area (Å²) in [7, 11) is 3.41. The van der Waals surface area contributed by atoms with Crippen LogP contribution < -0.4 is 0 Å². The first-order valence-electron chi connectivity index (χ1n) is 4.64. The molecule has 0 aliphatic rings. The second-order valence-electron chi connectivity index (χ2n) is 4.10. The normalized spacial score (nSPS) is 12.5. The molecule has 3 heteroatoms. The lowest BCUT2D eigenvalue weighted by Gasteiger charge is -2.31. The number of hydrogen-bond acceptors (Lipinski definition) is 2. The molecule has 0 rings (SSSR count). The number of halogens is 1. The fraction of sp³-hybridized carbons (Fsp3) is 1.00. The molecule has 80 valence electrons. The molecule has 0 aliphatic heterocycles. The molecule has 13 heavy (non-hydrogen) atoms. The van der Waals surface area contributed by atoms with Gasteiger partial charge in [0.15, 0.2) is 0 Å². The van der Waals surface area contributed by atoms with Crippen LogP contribution in [0.4, 0.5) is 0 Å². The number of ether oxygens (including phenoxy) is 2. The minimum atomic E-state index is -0.0147. The molecule has 0 atom stereocenters. The first-order valence-corrected chi connectivity index (χ1v) is 5.17. The van der Waals surface area contributed by atoms with Crippen LogP contribution in [0.25, 0.3) is 0 Å². The van der Waals surface area contributed by atoms with E-state index in [0.717, 1.165) is 6.42 Å². The van der Waals surface area contributed by atoms with Crippen LogP contribution in [0.2, 0.25) is 0 Å². The van der Waals surface area contributed by atoms with E-state index in [1.807, 2.05) is 0 Å². The van der Waals surface area contributed by atoms with Gasteiger partial charge in [-0.15, -0.1) is 11.6 Å². The summed E-state index contributed by atoms with van der Waals surface area (Å²) < 4.78 is 10.4. The summed E-state index contributed by atoms with van der Waals surface area (Å²) in [4.78, 5) is 0. The third-order valence-corrected chi connectivity index (χ3v) is 2.59. The van der Waals surface area contributed by atoms with Gasteiger partial charge in [0.1, 0.15) is 0 Å². The second-order valence-corrected chi connectivity index (χ2v) is 4.36. The molecule has 0 radical (unpaired) electrons. The van der Waals surface area contributed by atoms with E-state index in [1.165, 1.54) is 0 Å². The summed E-state index contributed by atoms with van der Waals surface area (Å²) in [6, 6.07) is 0. The number of hydrogen-bond donors (Lipinski definition) is 0. The maximum Gasteiger partial charge on any atom is 0.0552 e. The zero-order valence-corrected chi connectivity index (χ0v) is 9.86. The Kier molecular flexibility index (Phi) is 6.74. The molecule has 0 saturated carbocycles. The molecule has 0 aromatic carbocycles. The fourth-order valence-corrected chi connectivity index (χ4v) is 2.03. The van der Waals surface area contributed by atoms with Gasteiger partial charge in [-0.3, -0.25) is 0 Å². The summed E-state index contributed by atoms with van der Waals surface area (Å²) in [5.74, 6) is 1.20. The highest BCUT2D eigenvalue weighted by Gasteiger charge is 2.30. The van der Waals surface area contributed by atoms with Crippen molar-refractivity contribution >= 4 is 11.6 Å². The zero-order chi connectivity index (χ0) is 10.3. The number of alkyl halides is 1. The molecular formula is C10H21ClO2. The fourth-order valence-electron chi connectivity index (χ4n) is 1.77. The Balaban J connectivity index is 4.24. The third-order valence-electron chi connectivity index (χ3n) is 2.03. The van der Waals surface area contributed by atoms with Gasteiger partial charge in [0, 0.05) is 25.5 Å². The lowest BCUT2D eigenvalue weighted by molar-refractivity contribution is 0.0116. The Morgan fingerprint density at radius 3 is 1.85 bits per heavy atom. The quantitative estimate of drug-likeness (QED) is 0.599. The van der Waals surface area contributed by atoms with Crippen molar-refractivity contribution in [3.05, 3.63) is 0 Å². The Morgan fingerprint density at radius 2 is 1.62 bits per heavy atom. The lowest BCUT2D eigenvalue weighted by Crippen LogP contribution is -2.35. The highest BCUT2D eigenvalue weighted by Crippen LogP contribution is 2.28. The smallest absolute Gasteiger partial charge is 0.0552 e. The first-order chi connectivity index (χ1) is 6.10. The van der Waals surface area contributed by atoms with E-state index in [-0.39, 0.29) is 5.41 Å². The zero-order valence-electron chi connectivity index (χ0n) is 9.10. The molecule has 0 aromatic rings. The van der Waals surface area contributed by atoms with Crippen LogP contribution >= 0.6 is 11.6 Å². The van der Waals surface area contributed by atoms with E-state index in [1.54, 1.807) is 14.2 Å². The summed E-state index contributed by atoms with van der Waals surface area (Å²) in [5.41, 5.74) is -0.0147. The van der Waals surface area contributed by atoms with Crippen molar-refractivity contribution in [2.75, 3.05) is 33.3 Å². The van der Waals surface area contributed by atoms with Crippen molar-refractivity contribution < 1.29 is 9.47 Å². The summed E-state index contributed by atoms with van der Waals surface area (Å²) in [6.45, 7) is 5.71. The molecule has 0 unspecified atom stereocenters. The second kappa shape index (κ2) is 6.63. The van der Waals surface area contributed by atoms with Gasteiger partial charge in [-0.25, -0.2) is 0 Å². The van der Waals surface area contributed by atoms with E-state index in [0.29, 0.717) is 25.0 Å². The minimum Gasteiger partial charge on any atom is -0.384 e. The molecule has 2 nitrogen and oxygen atoms in total. The largest absolute Gasteiger partial charge is 0.384 e. The van der Waals surface area contributed by atoms with Gasteiger partial charge in [-0.2, -0.15) is 0 Å².